The van der Waals surface area contributed by atoms with Crippen LogP contribution in [-0.2, 0) is 0 Å². The molecule has 8 aromatic carbocycles. The molecule has 0 aliphatic carbocycles. The summed E-state index contributed by atoms with van der Waals surface area (Å²) in [4.78, 5) is 14.8. The van der Waals surface area contributed by atoms with Crippen LogP contribution >= 0.6 is 0 Å². The molecular weight excluding hydrogens is 621 g/mol. The highest BCUT2D eigenvalue weighted by Crippen LogP contribution is 2.43. The van der Waals surface area contributed by atoms with Crippen LogP contribution in [0.25, 0.3) is 89.1 Å². The summed E-state index contributed by atoms with van der Waals surface area (Å²) in [5.74, 6) is 1.93. The summed E-state index contributed by atoms with van der Waals surface area (Å²) in [5, 5.41) is 4.77. The van der Waals surface area contributed by atoms with Gasteiger partial charge in [0.05, 0.1) is 0 Å². The average Bonchev–Trinajstić information content (AvgIpc) is 3.20. The molecule has 4 nitrogen and oxygen atoms in total. The Balaban J connectivity index is 1.20. The average molecular weight is 653 g/mol. The van der Waals surface area contributed by atoms with Gasteiger partial charge in [-0.25, -0.2) is 15.0 Å². The first kappa shape index (κ1) is 30.2. The number of hydrogen-bond donors (Lipinski definition) is 1. The molecule has 0 aliphatic heterocycles. The molecule has 0 saturated heterocycles. The summed E-state index contributed by atoms with van der Waals surface area (Å²) in [5.41, 5.74) is 16.7. The molecule has 2 N–H and O–H groups in total. The number of benzene rings is 8. The van der Waals surface area contributed by atoms with Gasteiger partial charge in [-0.2, -0.15) is 0 Å². The van der Waals surface area contributed by atoms with Crippen molar-refractivity contribution in [2.75, 3.05) is 5.73 Å². The van der Waals surface area contributed by atoms with Gasteiger partial charge in [0.2, 0.25) is 0 Å². The Labute approximate surface area is 296 Å². The summed E-state index contributed by atoms with van der Waals surface area (Å²) < 4.78 is 0. The minimum Gasteiger partial charge on any atom is -0.399 e. The van der Waals surface area contributed by atoms with E-state index in [0.29, 0.717) is 17.5 Å². The molecule has 0 atom stereocenters. The van der Waals surface area contributed by atoms with Crippen LogP contribution in [0.4, 0.5) is 5.69 Å². The van der Waals surface area contributed by atoms with E-state index < -0.39 is 0 Å². The van der Waals surface area contributed by atoms with Gasteiger partial charge in [0.25, 0.3) is 0 Å². The topological polar surface area (TPSA) is 64.7 Å². The van der Waals surface area contributed by atoms with Crippen molar-refractivity contribution in [2.45, 2.75) is 0 Å². The van der Waals surface area contributed by atoms with Crippen molar-refractivity contribution in [2.24, 2.45) is 0 Å². The number of hydrogen-bond acceptors (Lipinski definition) is 4. The normalized spacial score (nSPS) is 11.2. The van der Waals surface area contributed by atoms with Crippen LogP contribution in [0, 0.1) is 0 Å². The third kappa shape index (κ3) is 5.69. The predicted octanol–water partition coefficient (Wildman–Crippen LogP) is 11.8. The van der Waals surface area contributed by atoms with E-state index in [2.05, 4.69) is 103 Å². The standard InChI is InChI=1S/C47H32N4/c48-37-18-11-17-36(30-37)38-28-29-42(41-21-10-9-20-40(38)41)43-27-26-31-12-7-8-19-39(31)44(43)32-22-24-35(25-23-32)47-50-45(33-13-3-1-4-14-33)49-46(51-47)34-15-5-2-6-16-34/h1-30H,48H2. The Morgan fingerprint density at radius 3 is 1.41 bits per heavy atom. The van der Waals surface area contributed by atoms with Gasteiger partial charge in [0.1, 0.15) is 0 Å². The molecule has 0 amide bonds. The zero-order valence-corrected chi connectivity index (χ0v) is 27.7. The Bertz CT molecular complexity index is 2630. The lowest BCUT2D eigenvalue weighted by Gasteiger charge is -2.18. The van der Waals surface area contributed by atoms with Crippen molar-refractivity contribution in [1.29, 1.82) is 0 Å². The minimum atomic E-state index is 0.635. The number of rotatable bonds is 6. The van der Waals surface area contributed by atoms with E-state index in [-0.39, 0.29) is 0 Å². The van der Waals surface area contributed by atoms with Crippen molar-refractivity contribution in [3.05, 3.63) is 182 Å². The van der Waals surface area contributed by atoms with Crippen molar-refractivity contribution in [3.8, 4) is 67.5 Å². The summed E-state index contributed by atoms with van der Waals surface area (Å²) >= 11 is 0. The van der Waals surface area contributed by atoms with Gasteiger partial charge < -0.3 is 5.73 Å². The molecule has 0 radical (unpaired) electrons. The molecule has 0 saturated carbocycles. The van der Waals surface area contributed by atoms with Crippen molar-refractivity contribution in [3.63, 3.8) is 0 Å². The van der Waals surface area contributed by atoms with Crippen LogP contribution in [0.2, 0.25) is 0 Å². The predicted molar refractivity (Wildman–Crippen MR) is 212 cm³/mol. The first-order valence-corrected chi connectivity index (χ1v) is 17.1. The molecule has 4 heteroatoms. The second-order valence-electron chi connectivity index (χ2n) is 12.7. The zero-order chi connectivity index (χ0) is 34.1. The second kappa shape index (κ2) is 12.8. The second-order valence-corrected chi connectivity index (χ2v) is 12.7. The molecule has 51 heavy (non-hydrogen) atoms. The molecule has 9 aromatic rings. The molecule has 0 fully saturated rings. The largest absolute Gasteiger partial charge is 0.399 e. The van der Waals surface area contributed by atoms with Gasteiger partial charge >= 0.3 is 0 Å². The number of nitrogens with two attached hydrogens (primary N) is 1. The maximum atomic E-state index is 6.20. The lowest BCUT2D eigenvalue weighted by atomic mass is 9.86. The Morgan fingerprint density at radius 1 is 0.314 bits per heavy atom. The fourth-order valence-electron chi connectivity index (χ4n) is 7.02. The molecule has 1 aromatic heterocycles. The highest BCUT2D eigenvalue weighted by molar-refractivity contribution is 6.11. The van der Waals surface area contributed by atoms with Crippen LogP contribution in [0.1, 0.15) is 0 Å². The summed E-state index contributed by atoms with van der Waals surface area (Å²) in [6.07, 6.45) is 0. The summed E-state index contributed by atoms with van der Waals surface area (Å²) in [6, 6.07) is 63.1. The first-order chi connectivity index (χ1) is 25.2. The number of aromatic nitrogens is 3. The fourth-order valence-corrected chi connectivity index (χ4v) is 7.02. The Morgan fingerprint density at radius 2 is 0.784 bits per heavy atom. The van der Waals surface area contributed by atoms with Crippen LogP contribution in [0.5, 0.6) is 0 Å². The van der Waals surface area contributed by atoms with Crippen molar-refractivity contribution >= 4 is 27.2 Å². The first-order valence-electron chi connectivity index (χ1n) is 17.1. The minimum absolute atomic E-state index is 0.635. The third-order valence-corrected chi connectivity index (χ3v) is 9.47. The summed E-state index contributed by atoms with van der Waals surface area (Å²) in [7, 11) is 0. The van der Waals surface area contributed by atoms with Gasteiger partial charge in [-0.05, 0) is 67.1 Å². The van der Waals surface area contributed by atoms with E-state index in [9.17, 15) is 0 Å². The third-order valence-electron chi connectivity index (χ3n) is 9.47. The fraction of sp³-hybridized carbons (Fsp3) is 0. The van der Waals surface area contributed by atoms with Crippen LogP contribution in [0.15, 0.2) is 182 Å². The number of anilines is 1. The molecule has 240 valence electrons. The van der Waals surface area contributed by atoms with Gasteiger partial charge in [-0.15, -0.1) is 0 Å². The maximum Gasteiger partial charge on any atom is 0.164 e. The lowest BCUT2D eigenvalue weighted by Crippen LogP contribution is -2.00. The van der Waals surface area contributed by atoms with E-state index >= 15 is 0 Å². The van der Waals surface area contributed by atoms with Gasteiger partial charge in [-0.1, -0.05) is 170 Å². The molecule has 0 aliphatic rings. The van der Waals surface area contributed by atoms with E-state index in [0.717, 1.165) is 39.1 Å². The molecule has 0 unspecified atom stereocenters. The van der Waals surface area contributed by atoms with Crippen LogP contribution in [-0.4, -0.2) is 15.0 Å². The van der Waals surface area contributed by atoms with Crippen LogP contribution in [0.3, 0.4) is 0 Å². The molecular formula is C47H32N4. The van der Waals surface area contributed by atoms with Gasteiger partial charge in [0.15, 0.2) is 17.5 Å². The van der Waals surface area contributed by atoms with E-state index in [1.54, 1.807) is 0 Å². The molecule has 1 heterocycles. The monoisotopic (exact) mass is 652 g/mol. The van der Waals surface area contributed by atoms with Crippen LogP contribution < -0.4 is 5.73 Å². The lowest BCUT2D eigenvalue weighted by molar-refractivity contribution is 1.07. The Kier molecular flexibility index (Phi) is 7.60. The summed E-state index contributed by atoms with van der Waals surface area (Å²) in [6.45, 7) is 0. The zero-order valence-electron chi connectivity index (χ0n) is 27.7. The van der Waals surface area contributed by atoms with E-state index in [1.807, 2.05) is 78.9 Å². The van der Waals surface area contributed by atoms with Crippen molar-refractivity contribution < 1.29 is 0 Å². The van der Waals surface area contributed by atoms with Gasteiger partial charge in [0, 0.05) is 22.4 Å². The number of fused-ring (bicyclic) bond motifs is 2. The smallest absolute Gasteiger partial charge is 0.164 e. The maximum absolute atomic E-state index is 6.20. The molecule has 9 rings (SSSR count). The highest BCUT2D eigenvalue weighted by Gasteiger charge is 2.17. The number of nitrogens with zero attached hydrogens (tertiary/aromatic N) is 3. The quantitative estimate of drug-likeness (QED) is 0.182. The molecule has 0 spiro atoms. The SMILES string of the molecule is Nc1cccc(-c2ccc(-c3ccc4ccccc4c3-c3ccc(-c4nc(-c5ccccc5)nc(-c5ccccc5)n4)cc3)c3ccccc23)c1. The molecule has 0 bridgehead atoms. The Hall–Kier alpha value is -6.91. The van der Waals surface area contributed by atoms with E-state index in [1.165, 1.54) is 38.2 Å². The van der Waals surface area contributed by atoms with E-state index in [4.69, 9.17) is 20.7 Å². The number of nitrogen functional groups attached to an aromatic ring is 1. The highest BCUT2D eigenvalue weighted by atomic mass is 15.0. The van der Waals surface area contributed by atoms with Gasteiger partial charge in [-0.3, -0.25) is 0 Å². The van der Waals surface area contributed by atoms with Crippen molar-refractivity contribution in [1.82, 2.24) is 15.0 Å².